The number of fused-ring (bicyclic) bond motifs is 1. The van der Waals surface area contributed by atoms with Gasteiger partial charge >= 0.3 is 0 Å². The topological polar surface area (TPSA) is 84.9 Å². The minimum atomic E-state index is 0.196. The number of aromatic nitrogens is 3. The van der Waals surface area contributed by atoms with Crippen LogP contribution in [-0.4, -0.2) is 80.2 Å². The van der Waals surface area contributed by atoms with E-state index >= 15 is 0 Å². The van der Waals surface area contributed by atoms with Crippen LogP contribution in [0.4, 0.5) is 11.8 Å². The van der Waals surface area contributed by atoms with Crippen molar-refractivity contribution in [1.29, 1.82) is 0 Å². The van der Waals surface area contributed by atoms with Gasteiger partial charge in [-0.25, -0.2) is 4.98 Å². The number of rotatable bonds is 8. The third kappa shape index (κ3) is 5.70. The van der Waals surface area contributed by atoms with Crippen molar-refractivity contribution in [3.63, 3.8) is 0 Å². The highest BCUT2D eigenvalue weighted by Crippen LogP contribution is 2.32. The van der Waals surface area contributed by atoms with Crippen LogP contribution in [0.25, 0.3) is 22.3 Å². The lowest BCUT2D eigenvalue weighted by Gasteiger charge is -2.37. The van der Waals surface area contributed by atoms with Gasteiger partial charge in [-0.2, -0.15) is 9.97 Å². The van der Waals surface area contributed by atoms with E-state index in [4.69, 9.17) is 29.2 Å². The Labute approximate surface area is 225 Å². The molecular formula is C29H40N6O3. The molecule has 0 spiro atoms. The van der Waals surface area contributed by atoms with E-state index in [1.165, 1.54) is 0 Å². The zero-order chi connectivity index (χ0) is 26.6. The monoisotopic (exact) mass is 520 g/mol. The largest absolute Gasteiger partial charge is 0.496 e. The Hall–Kier alpha value is -3.01. The van der Waals surface area contributed by atoms with Crippen LogP contribution in [0, 0.1) is 5.92 Å². The first-order valence-corrected chi connectivity index (χ1v) is 13.7. The molecule has 2 saturated heterocycles. The van der Waals surface area contributed by atoms with Gasteiger partial charge in [-0.15, -0.1) is 0 Å². The molecule has 2 fully saturated rings. The number of pyridine rings is 1. The first-order valence-electron chi connectivity index (χ1n) is 13.7. The molecule has 2 aliphatic rings. The second-order valence-corrected chi connectivity index (χ2v) is 10.7. The fourth-order valence-corrected chi connectivity index (χ4v) is 5.13. The Bertz CT molecular complexity index is 1250. The standard InChI is InChI=1S/C29H40N6O3/c1-19(2)15-30-16-23-14-22(6-9-26(23)36-5)25-8-7-24-27(31-25)32-29(35-11-13-38-18-21(35)4)33-28(24)34-10-12-37-17-20(34)3/h6-9,14,19-21,30H,10-13,15-18H2,1-5H3/t20-,21-/m0/s1. The van der Waals surface area contributed by atoms with Gasteiger partial charge in [-0.05, 0) is 56.6 Å². The molecule has 0 aliphatic carbocycles. The molecule has 3 aromatic rings. The van der Waals surface area contributed by atoms with Crippen LogP contribution in [0.2, 0.25) is 0 Å². The van der Waals surface area contributed by atoms with Crippen molar-refractivity contribution < 1.29 is 14.2 Å². The van der Waals surface area contributed by atoms with Crippen molar-refractivity contribution in [2.75, 3.05) is 63.0 Å². The van der Waals surface area contributed by atoms with E-state index in [1.807, 2.05) is 6.07 Å². The smallest absolute Gasteiger partial charge is 0.229 e. The molecule has 9 nitrogen and oxygen atoms in total. The number of benzene rings is 1. The Morgan fingerprint density at radius 3 is 2.39 bits per heavy atom. The SMILES string of the molecule is COc1ccc(-c2ccc3c(N4CCOC[C@@H]4C)nc(N4CCOC[C@@H]4C)nc3n2)cc1CNCC(C)C. The molecule has 2 aliphatic heterocycles. The summed E-state index contributed by atoms with van der Waals surface area (Å²) in [5.74, 6) is 3.09. The quantitative estimate of drug-likeness (QED) is 0.475. The lowest BCUT2D eigenvalue weighted by molar-refractivity contribution is 0.0973. The van der Waals surface area contributed by atoms with E-state index in [1.54, 1.807) is 7.11 Å². The van der Waals surface area contributed by atoms with E-state index in [9.17, 15) is 0 Å². The maximum Gasteiger partial charge on any atom is 0.229 e. The first-order chi connectivity index (χ1) is 18.4. The predicted octanol–water partition coefficient (Wildman–Crippen LogP) is 3.90. The van der Waals surface area contributed by atoms with Crippen LogP contribution in [0.5, 0.6) is 5.75 Å². The molecule has 1 N–H and O–H groups in total. The summed E-state index contributed by atoms with van der Waals surface area (Å²) < 4.78 is 17.0. The fourth-order valence-electron chi connectivity index (χ4n) is 5.13. The lowest BCUT2D eigenvalue weighted by Crippen LogP contribution is -2.46. The van der Waals surface area contributed by atoms with Crippen molar-refractivity contribution in [2.45, 2.75) is 46.3 Å². The number of nitrogens with zero attached hydrogens (tertiary/aromatic N) is 5. The lowest BCUT2D eigenvalue weighted by atomic mass is 10.1. The molecule has 4 heterocycles. The molecule has 0 unspecified atom stereocenters. The van der Waals surface area contributed by atoms with E-state index < -0.39 is 0 Å². The summed E-state index contributed by atoms with van der Waals surface area (Å²) in [6, 6.07) is 10.9. The number of morpholine rings is 2. The van der Waals surface area contributed by atoms with Gasteiger partial charge in [0.1, 0.15) is 11.6 Å². The predicted molar refractivity (Wildman–Crippen MR) is 151 cm³/mol. The van der Waals surface area contributed by atoms with Crippen molar-refractivity contribution in [1.82, 2.24) is 20.3 Å². The summed E-state index contributed by atoms with van der Waals surface area (Å²) >= 11 is 0. The summed E-state index contributed by atoms with van der Waals surface area (Å²) in [6.07, 6.45) is 0. The van der Waals surface area contributed by atoms with Gasteiger partial charge in [-0.1, -0.05) is 13.8 Å². The number of methoxy groups -OCH3 is 1. The van der Waals surface area contributed by atoms with E-state index in [2.05, 4.69) is 67.1 Å². The number of anilines is 2. The molecule has 38 heavy (non-hydrogen) atoms. The van der Waals surface area contributed by atoms with E-state index in [0.29, 0.717) is 43.9 Å². The van der Waals surface area contributed by atoms with Gasteiger partial charge in [0, 0.05) is 30.8 Å². The van der Waals surface area contributed by atoms with Gasteiger partial charge in [0.25, 0.3) is 0 Å². The van der Waals surface area contributed by atoms with Crippen LogP contribution >= 0.6 is 0 Å². The average Bonchev–Trinajstić information content (AvgIpc) is 2.92. The summed E-state index contributed by atoms with van der Waals surface area (Å²) in [5.41, 5.74) is 3.73. The molecule has 9 heteroatoms. The third-order valence-corrected chi connectivity index (χ3v) is 7.24. The van der Waals surface area contributed by atoms with Gasteiger partial charge in [0.15, 0.2) is 5.65 Å². The highest BCUT2D eigenvalue weighted by atomic mass is 16.5. The van der Waals surface area contributed by atoms with Crippen LogP contribution in [0.15, 0.2) is 30.3 Å². The van der Waals surface area contributed by atoms with E-state index in [-0.39, 0.29) is 12.1 Å². The van der Waals surface area contributed by atoms with Crippen molar-refractivity contribution in [3.8, 4) is 17.0 Å². The number of hydrogen-bond donors (Lipinski definition) is 1. The number of ether oxygens (including phenoxy) is 3. The highest BCUT2D eigenvalue weighted by molar-refractivity contribution is 5.90. The number of hydrogen-bond acceptors (Lipinski definition) is 9. The van der Waals surface area contributed by atoms with Gasteiger partial charge in [0.05, 0.1) is 56.7 Å². The normalized spacial score (nSPS) is 20.4. The minimum Gasteiger partial charge on any atom is -0.496 e. The zero-order valence-electron chi connectivity index (χ0n) is 23.2. The minimum absolute atomic E-state index is 0.196. The van der Waals surface area contributed by atoms with Crippen LogP contribution in [0.3, 0.4) is 0 Å². The second kappa shape index (κ2) is 11.8. The summed E-state index contributed by atoms with van der Waals surface area (Å²) in [5, 5.41) is 4.49. The zero-order valence-corrected chi connectivity index (χ0v) is 23.2. The van der Waals surface area contributed by atoms with Gasteiger partial charge in [0.2, 0.25) is 5.95 Å². The molecular weight excluding hydrogens is 480 g/mol. The molecule has 204 valence electrons. The fraction of sp³-hybridized carbons (Fsp3) is 0.552. The Kier molecular flexibility index (Phi) is 8.26. The third-order valence-electron chi connectivity index (χ3n) is 7.24. The second-order valence-electron chi connectivity index (χ2n) is 10.7. The molecule has 1 aromatic carbocycles. The maximum absolute atomic E-state index is 5.71. The Morgan fingerprint density at radius 2 is 1.71 bits per heavy atom. The molecule has 0 bridgehead atoms. The first kappa shape index (κ1) is 26.6. The molecule has 5 rings (SSSR count). The van der Waals surface area contributed by atoms with E-state index in [0.717, 1.165) is 60.0 Å². The van der Waals surface area contributed by atoms with Crippen molar-refractivity contribution >= 4 is 22.8 Å². The average molecular weight is 521 g/mol. The molecule has 2 atom stereocenters. The molecule has 0 amide bonds. The summed E-state index contributed by atoms with van der Waals surface area (Å²) in [4.78, 5) is 19.7. The molecule has 0 saturated carbocycles. The van der Waals surface area contributed by atoms with Crippen molar-refractivity contribution in [2.24, 2.45) is 5.92 Å². The maximum atomic E-state index is 5.71. The Balaban J connectivity index is 1.56. The summed E-state index contributed by atoms with van der Waals surface area (Å²) in [7, 11) is 1.72. The van der Waals surface area contributed by atoms with Crippen molar-refractivity contribution in [3.05, 3.63) is 35.9 Å². The van der Waals surface area contributed by atoms with Crippen LogP contribution in [-0.2, 0) is 16.0 Å². The molecule has 0 radical (unpaired) electrons. The highest BCUT2D eigenvalue weighted by Gasteiger charge is 2.27. The van der Waals surface area contributed by atoms with Gasteiger partial charge < -0.3 is 29.3 Å². The summed E-state index contributed by atoms with van der Waals surface area (Å²) in [6.45, 7) is 14.7. The van der Waals surface area contributed by atoms with Crippen LogP contribution in [0.1, 0.15) is 33.3 Å². The number of nitrogens with one attached hydrogen (secondary N) is 1. The van der Waals surface area contributed by atoms with Gasteiger partial charge in [-0.3, -0.25) is 0 Å². The molecule has 2 aromatic heterocycles. The Morgan fingerprint density at radius 1 is 0.974 bits per heavy atom. The van der Waals surface area contributed by atoms with Crippen LogP contribution < -0.4 is 19.9 Å².